The highest BCUT2D eigenvalue weighted by Gasteiger charge is 2.69. The van der Waals surface area contributed by atoms with Crippen molar-refractivity contribution in [1.82, 2.24) is 15.6 Å². The summed E-state index contributed by atoms with van der Waals surface area (Å²) in [4.78, 5) is 29.2. The number of nitrogens with zero attached hydrogens (tertiary/aromatic N) is 1. The number of hydrogen-bond donors (Lipinski definition) is 3. The molecule has 4 aliphatic rings. The lowest BCUT2D eigenvalue weighted by Crippen LogP contribution is -2.84. The van der Waals surface area contributed by atoms with Gasteiger partial charge in [-0.2, -0.15) is 0 Å². The maximum absolute atomic E-state index is 12.8. The maximum atomic E-state index is 12.8. The molecule has 1 aromatic heterocycles. The topological polar surface area (TPSA) is 114 Å². The summed E-state index contributed by atoms with van der Waals surface area (Å²) in [6, 6.07) is 4.99. The van der Waals surface area contributed by atoms with Gasteiger partial charge in [-0.1, -0.05) is 18.5 Å². The van der Waals surface area contributed by atoms with Gasteiger partial charge < -0.3 is 24.9 Å². The van der Waals surface area contributed by atoms with Crippen LogP contribution < -0.4 is 15.4 Å². The minimum atomic E-state index is -0.809. The highest BCUT2D eigenvalue weighted by atomic mass is 35.5. The summed E-state index contributed by atoms with van der Waals surface area (Å²) in [7, 11) is 0. The zero-order valence-electron chi connectivity index (χ0n) is 16.4. The van der Waals surface area contributed by atoms with Crippen LogP contribution in [-0.4, -0.2) is 39.1 Å². The van der Waals surface area contributed by atoms with Crippen LogP contribution in [-0.2, 0) is 11.2 Å². The van der Waals surface area contributed by atoms with Crippen LogP contribution in [0.5, 0.6) is 5.75 Å². The molecule has 2 bridgehead atoms. The first-order valence-corrected chi connectivity index (χ1v) is 10.4. The Labute approximate surface area is 177 Å². The second-order valence-electron chi connectivity index (χ2n) is 8.55. The van der Waals surface area contributed by atoms with Crippen molar-refractivity contribution in [2.24, 2.45) is 0 Å². The van der Waals surface area contributed by atoms with Crippen LogP contribution in [0.2, 0.25) is 5.02 Å². The molecule has 2 amide bonds. The standard InChI is InChI=1S/C21H22ClN3O5/c1-2-17-23-7-16(30-17)19(28)25-21-8-20(9-21,10-21)24-18(27)15-6-13(26)12-5-11(22)3-4-14(12)29-15/h3-5,7,13,15,26H,2,6,8-10H2,1H3,(H,24,27)(H,25,28)/t13-,15-,20?,21?/m1/s1. The predicted molar refractivity (Wildman–Crippen MR) is 106 cm³/mol. The third-order valence-corrected chi connectivity index (χ3v) is 6.44. The Balaban J connectivity index is 1.17. The lowest BCUT2D eigenvalue weighted by atomic mass is 9.44. The van der Waals surface area contributed by atoms with Gasteiger partial charge in [0.2, 0.25) is 5.76 Å². The number of halogens is 1. The van der Waals surface area contributed by atoms with E-state index in [0.29, 0.717) is 47.9 Å². The average molecular weight is 432 g/mol. The molecule has 3 aliphatic carbocycles. The summed E-state index contributed by atoms with van der Waals surface area (Å²) in [6.45, 7) is 1.91. The molecule has 0 radical (unpaired) electrons. The monoisotopic (exact) mass is 431 g/mol. The average Bonchev–Trinajstić information content (AvgIpc) is 3.15. The molecule has 8 nitrogen and oxygen atoms in total. The van der Waals surface area contributed by atoms with E-state index in [2.05, 4.69) is 15.6 Å². The van der Waals surface area contributed by atoms with E-state index in [-0.39, 0.29) is 35.1 Å². The number of amides is 2. The van der Waals surface area contributed by atoms with Gasteiger partial charge in [-0.15, -0.1) is 0 Å². The molecule has 0 spiro atoms. The van der Waals surface area contributed by atoms with Gasteiger partial charge in [0.15, 0.2) is 12.0 Å². The smallest absolute Gasteiger partial charge is 0.289 e. The molecule has 1 aliphatic heterocycles. The quantitative estimate of drug-likeness (QED) is 0.669. The van der Waals surface area contributed by atoms with Crippen LogP contribution in [0, 0.1) is 0 Å². The Morgan fingerprint density at radius 2 is 2.00 bits per heavy atom. The maximum Gasteiger partial charge on any atom is 0.289 e. The molecular weight excluding hydrogens is 410 g/mol. The summed E-state index contributed by atoms with van der Waals surface area (Å²) in [5, 5.41) is 16.9. The largest absolute Gasteiger partial charge is 0.480 e. The Bertz CT molecular complexity index is 1020. The van der Waals surface area contributed by atoms with E-state index in [0.717, 1.165) is 0 Å². The second-order valence-corrected chi connectivity index (χ2v) is 8.98. The zero-order chi connectivity index (χ0) is 21.1. The van der Waals surface area contributed by atoms with Gasteiger partial charge in [0.05, 0.1) is 12.3 Å². The number of aromatic nitrogens is 1. The molecule has 3 fully saturated rings. The molecule has 2 atom stereocenters. The van der Waals surface area contributed by atoms with Crippen molar-refractivity contribution in [1.29, 1.82) is 0 Å². The van der Waals surface area contributed by atoms with Crippen LogP contribution in [0.3, 0.4) is 0 Å². The molecule has 1 aromatic carbocycles. The fourth-order valence-corrected chi connectivity index (χ4v) is 5.04. The molecule has 3 saturated carbocycles. The van der Waals surface area contributed by atoms with Crippen molar-refractivity contribution in [2.45, 2.75) is 62.3 Å². The van der Waals surface area contributed by atoms with E-state index in [1.165, 1.54) is 6.20 Å². The van der Waals surface area contributed by atoms with Crippen LogP contribution in [0.1, 0.15) is 60.7 Å². The van der Waals surface area contributed by atoms with Crippen molar-refractivity contribution >= 4 is 23.4 Å². The number of benzene rings is 1. The van der Waals surface area contributed by atoms with Gasteiger partial charge >= 0.3 is 0 Å². The van der Waals surface area contributed by atoms with Crippen molar-refractivity contribution < 1.29 is 23.8 Å². The number of carbonyl (C=O) groups excluding carboxylic acids is 2. The predicted octanol–water partition coefficient (Wildman–Crippen LogP) is 2.30. The van der Waals surface area contributed by atoms with Crippen LogP contribution in [0.15, 0.2) is 28.8 Å². The highest BCUT2D eigenvalue weighted by Crippen LogP contribution is 2.60. The second kappa shape index (κ2) is 6.72. The van der Waals surface area contributed by atoms with Gasteiger partial charge in [0.1, 0.15) is 5.75 Å². The van der Waals surface area contributed by atoms with Crippen LogP contribution >= 0.6 is 11.6 Å². The van der Waals surface area contributed by atoms with Gasteiger partial charge in [-0.25, -0.2) is 4.98 Å². The zero-order valence-corrected chi connectivity index (χ0v) is 17.2. The van der Waals surface area contributed by atoms with E-state index in [1.807, 2.05) is 6.92 Å². The Hall–Kier alpha value is -2.58. The Kier molecular flexibility index (Phi) is 4.34. The number of aliphatic hydroxyl groups is 1. The number of aliphatic hydroxyl groups excluding tert-OH is 1. The van der Waals surface area contributed by atoms with Crippen molar-refractivity contribution in [3.05, 3.63) is 46.6 Å². The molecular formula is C21H22ClN3O5. The molecule has 9 heteroatoms. The molecule has 2 heterocycles. The molecule has 2 aromatic rings. The Morgan fingerprint density at radius 3 is 2.70 bits per heavy atom. The molecule has 0 unspecified atom stereocenters. The Morgan fingerprint density at radius 1 is 1.27 bits per heavy atom. The molecule has 6 rings (SSSR count). The van der Waals surface area contributed by atoms with E-state index >= 15 is 0 Å². The van der Waals surface area contributed by atoms with E-state index < -0.39 is 12.2 Å². The first kappa shape index (κ1) is 19.4. The van der Waals surface area contributed by atoms with Crippen molar-refractivity contribution in [2.75, 3.05) is 0 Å². The number of rotatable bonds is 5. The van der Waals surface area contributed by atoms with Crippen LogP contribution in [0.25, 0.3) is 0 Å². The molecule has 158 valence electrons. The summed E-state index contributed by atoms with van der Waals surface area (Å²) >= 11 is 5.97. The fourth-order valence-electron chi connectivity index (χ4n) is 4.85. The number of fused-ring (bicyclic) bond motifs is 1. The van der Waals surface area contributed by atoms with Gasteiger partial charge in [0.25, 0.3) is 11.8 Å². The highest BCUT2D eigenvalue weighted by molar-refractivity contribution is 6.30. The third kappa shape index (κ3) is 3.15. The van der Waals surface area contributed by atoms with Crippen molar-refractivity contribution in [3.63, 3.8) is 0 Å². The number of hydrogen-bond acceptors (Lipinski definition) is 6. The number of ether oxygens (including phenoxy) is 1. The lowest BCUT2D eigenvalue weighted by Gasteiger charge is -2.70. The minimum Gasteiger partial charge on any atom is -0.480 e. The number of oxazole rings is 1. The van der Waals surface area contributed by atoms with Crippen molar-refractivity contribution in [3.8, 4) is 5.75 Å². The minimum absolute atomic E-state index is 0.169. The SMILES string of the molecule is CCc1ncc(C(=O)NC23CC(NC(=O)[C@H]4C[C@@H](O)c5cc(Cl)ccc5O4)(C2)C3)o1. The first-order valence-electron chi connectivity index (χ1n) is 10.0. The molecule has 30 heavy (non-hydrogen) atoms. The summed E-state index contributed by atoms with van der Waals surface area (Å²) < 4.78 is 11.2. The summed E-state index contributed by atoms with van der Waals surface area (Å²) in [6.07, 6.45) is 2.64. The van der Waals surface area contributed by atoms with Gasteiger partial charge in [0, 0.05) is 34.5 Å². The van der Waals surface area contributed by atoms with E-state index in [4.69, 9.17) is 20.8 Å². The van der Waals surface area contributed by atoms with Gasteiger partial charge in [-0.05, 0) is 37.5 Å². The van der Waals surface area contributed by atoms with Crippen LogP contribution in [0.4, 0.5) is 0 Å². The van der Waals surface area contributed by atoms with E-state index in [1.54, 1.807) is 18.2 Å². The molecule has 3 N–H and O–H groups in total. The third-order valence-electron chi connectivity index (χ3n) is 6.21. The fraction of sp³-hybridized carbons (Fsp3) is 0.476. The number of aryl methyl sites for hydroxylation is 1. The lowest BCUT2D eigenvalue weighted by molar-refractivity contribution is -0.147. The first-order chi connectivity index (χ1) is 14.3. The van der Waals surface area contributed by atoms with E-state index in [9.17, 15) is 14.7 Å². The normalized spacial score (nSPS) is 30.9. The van der Waals surface area contributed by atoms with Gasteiger partial charge in [-0.3, -0.25) is 9.59 Å². The summed E-state index contributed by atoms with van der Waals surface area (Å²) in [5.41, 5.74) is -0.0354. The number of nitrogens with one attached hydrogen (secondary N) is 2. The number of carbonyl (C=O) groups is 2. The molecule has 0 saturated heterocycles. The summed E-state index contributed by atoms with van der Waals surface area (Å²) in [5.74, 6) is 0.670.